The van der Waals surface area contributed by atoms with Crippen molar-refractivity contribution in [2.75, 3.05) is 29.9 Å². The predicted octanol–water partition coefficient (Wildman–Crippen LogP) is 3.80. The molecule has 1 N–H and O–H groups in total. The SMILES string of the molecule is CC(=O)N(CCC(=O)Nc1ccc(N2CCCC2)cc1)Cc1ccc(F)cc1. The van der Waals surface area contributed by atoms with E-state index in [0.717, 1.165) is 24.3 Å². The van der Waals surface area contributed by atoms with Crippen LogP contribution in [0.5, 0.6) is 0 Å². The zero-order chi connectivity index (χ0) is 19.9. The van der Waals surface area contributed by atoms with Gasteiger partial charge in [0.15, 0.2) is 0 Å². The molecular weight excluding hydrogens is 357 g/mol. The molecule has 28 heavy (non-hydrogen) atoms. The standard InChI is InChI=1S/C22H26FN3O2/c1-17(27)26(16-18-4-6-19(23)7-5-18)15-12-22(28)24-20-8-10-21(11-9-20)25-13-2-3-14-25/h4-11H,2-3,12-16H2,1H3,(H,24,28). The van der Waals surface area contributed by atoms with Gasteiger partial charge in [-0.15, -0.1) is 0 Å². The van der Waals surface area contributed by atoms with Crippen LogP contribution < -0.4 is 10.2 Å². The normalized spacial score (nSPS) is 13.4. The van der Waals surface area contributed by atoms with Crippen LogP contribution in [0.4, 0.5) is 15.8 Å². The van der Waals surface area contributed by atoms with Crippen LogP contribution in [0.15, 0.2) is 48.5 Å². The Morgan fingerprint density at radius 3 is 2.29 bits per heavy atom. The van der Waals surface area contributed by atoms with Crippen molar-refractivity contribution in [1.82, 2.24) is 4.90 Å². The highest BCUT2D eigenvalue weighted by molar-refractivity contribution is 5.91. The Kier molecular flexibility index (Phi) is 6.63. The maximum atomic E-state index is 13.0. The van der Waals surface area contributed by atoms with Crippen LogP contribution in [0.3, 0.4) is 0 Å². The number of hydrogen-bond acceptors (Lipinski definition) is 3. The van der Waals surface area contributed by atoms with Crippen LogP contribution in [0, 0.1) is 5.82 Å². The van der Waals surface area contributed by atoms with E-state index in [2.05, 4.69) is 10.2 Å². The quantitative estimate of drug-likeness (QED) is 0.791. The molecule has 5 nitrogen and oxygen atoms in total. The smallest absolute Gasteiger partial charge is 0.226 e. The van der Waals surface area contributed by atoms with Gasteiger partial charge in [-0.05, 0) is 54.8 Å². The highest BCUT2D eigenvalue weighted by Crippen LogP contribution is 2.22. The molecule has 148 valence electrons. The first-order chi connectivity index (χ1) is 13.5. The first-order valence-electron chi connectivity index (χ1n) is 9.66. The fraction of sp³-hybridized carbons (Fsp3) is 0.364. The van der Waals surface area contributed by atoms with Gasteiger partial charge in [-0.1, -0.05) is 12.1 Å². The number of carbonyl (C=O) groups is 2. The predicted molar refractivity (Wildman–Crippen MR) is 109 cm³/mol. The molecule has 1 aliphatic heterocycles. The van der Waals surface area contributed by atoms with E-state index in [1.165, 1.54) is 37.6 Å². The van der Waals surface area contributed by atoms with E-state index >= 15 is 0 Å². The van der Waals surface area contributed by atoms with E-state index in [-0.39, 0.29) is 24.1 Å². The number of nitrogens with one attached hydrogen (secondary N) is 1. The monoisotopic (exact) mass is 383 g/mol. The largest absolute Gasteiger partial charge is 0.372 e. The summed E-state index contributed by atoms with van der Waals surface area (Å²) < 4.78 is 13.0. The highest BCUT2D eigenvalue weighted by Gasteiger charge is 2.14. The van der Waals surface area contributed by atoms with Gasteiger partial charge in [0.1, 0.15) is 5.82 Å². The molecule has 1 saturated heterocycles. The average molecular weight is 383 g/mol. The van der Waals surface area contributed by atoms with Crippen molar-refractivity contribution in [2.45, 2.75) is 32.7 Å². The number of benzene rings is 2. The maximum Gasteiger partial charge on any atom is 0.226 e. The van der Waals surface area contributed by atoms with Crippen molar-refractivity contribution in [1.29, 1.82) is 0 Å². The van der Waals surface area contributed by atoms with Gasteiger partial charge in [0.2, 0.25) is 11.8 Å². The van der Waals surface area contributed by atoms with Gasteiger partial charge in [-0.2, -0.15) is 0 Å². The van der Waals surface area contributed by atoms with Crippen molar-refractivity contribution in [3.63, 3.8) is 0 Å². The lowest BCUT2D eigenvalue weighted by atomic mass is 10.2. The molecular formula is C22H26FN3O2. The summed E-state index contributed by atoms with van der Waals surface area (Å²) in [6.45, 7) is 4.30. The third-order valence-electron chi connectivity index (χ3n) is 4.96. The fourth-order valence-corrected chi connectivity index (χ4v) is 3.35. The van der Waals surface area contributed by atoms with Crippen molar-refractivity contribution >= 4 is 23.2 Å². The van der Waals surface area contributed by atoms with Crippen LogP contribution >= 0.6 is 0 Å². The second-order valence-corrected chi connectivity index (χ2v) is 7.11. The number of nitrogens with zero attached hydrogens (tertiary/aromatic N) is 2. The summed E-state index contributed by atoms with van der Waals surface area (Å²) in [6.07, 6.45) is 2.65. The van der Waals surface area contributed by atoms with Crippen molar-refractivity contribution < 1.29 is 14.0 Å². The molecule has 1 heterocycles. The minimum atomic E-state index is -0.312. The topological polar surface area (TPSA) is 52.7 Å². The fourth-order valence-electron chi connectivity index (χ4n) is 3.35. The van der Waals surface area contributed by atoms with Gasteiger partial charge < -0.3 is 15.1 Å². The minimum Gasteiger partial charge on any atom is -0.372 e. The molecule has 0 unspecified atom stereocenters. The first-order valence-corrected chi connectivity index (χ1v) is 9.66. The third kappa shape index (κ3) is 5.55. The molecule has 2 aromatic rings. The number of amides is 2. The molecule has 1 aliphatic rings. The third-order valence-corrected chi connectivity index (χ3v) is 4.96. The molecule has 2 aromatic carbocycles. The zero-order valence-electron chi connectivity index (χ0n) is 16.2. The van der Waals surface area contributed by atoms with Crippen LogP contribution in [0.2, 0.25) is 0 Å². The molecule has 0 radical (unpaired) electrons. The van der Waals surface area contributed by atoms with E-state index in [0.29, 0.717) is 13.1 Å². The average Bonchev–Trinajstić information content (AvgIpc) is 3.22. The number of carbonyl (C=O) groups excluding carboxylic acids is 2. The molecule has 0 spiro atoms. The summed E-state index contributed by atoms with van der Waals surface area (Å²) in [5, 5.41) is 2.88. The Hall–Kier alpha value is -2.89. The Labute approximate surface area is 165 Å². The van der Waals surface area contributed by atoms with E-state index in [1.54, 1.807) is 17.0 Å². The Morgan fingerprint density at radius 2 is 1.68 bits per heavy atom. The lowest BCUT2D eigenvalue weighted by molar-refractivity contribution is -0.129. The van der Waals surface area contributed by atoms with Gasteiger partial charge in [0.25, 0.3) is 0 Å². The minimum absolute atomic E-state index is 0.118. The molecule has 0 atom stereocenters. The van der Waals surface area contributed by atoms with Crippen LogP contribution in [0.25, 0.3) is 0 Å². The second kappa shape index (κ2) is 9.35. The molecule has 1 fully saturated rings. The van der Waals surface area contributed by atoms with E-state index in [4.69, 9.17) is 0 Å². The number of hydrogen-bond donors (Lipinski definition) is 1. The zero-order valence-corrected chi connectivity index (χ0v) is 16.2. The van der Waals surface area contributed by atoms with Gasteiger partial charge in [-0.3, -0.25) is 9.59 Å². The summed E-state index contributed by atoms with van der Waals surface area (Å²) in [6, 6.07) is 13.9. The maximum absolute atomic E-state index is 13.0. The Bertz CT molecular complexity index is 800. The van der Waals surface area contributed by atoms with E-state index < -0.39 is 0 Å². The summed E-state index contributed by atoms with van der Waals surface area (Å²) >= 11 is 0. The van der Waals surface area contributed by atoms with E-state index in [1.807, 2.05) is 24.3 Å². The van der Waals surface area contributed by atoms with Crippen molar-refractivity contribution in [3.8, 4) is 0 Å². The highest BCUT2D eigenvalue weighted by atomic mass is 19.1. The summed E-state index contributed by atoms with van der Waals surface area (Å²) in [5.74, 6) is -0.570. The molecule has 0 saturated carbocycles. The molecule has 2 amide bonds. The van der Waals surface area contributed by atoms with Crippen molar-refractivity contribution in [3.05, 3.63) is 59.9 Å². The van der Waals surface area contributed by atoms with Crippen LogP contribution in [0.1, 0.15) is 31.7 Å². The van der Waals surface area contributed by atoms with Crippen LogP contribution in [-0.2, 0) is 16.1 Å². The number of anilines is 2. The second-order valence-electron chi connectivity index (χ2n) is 7.11. The van der Waals surface area contributed by atoms with Gasteiger partial charge in [-0.25, -0.2) is 4.39 Å². The van der Waals surface area contributed by atoms with Gasteiger partial charge in [0, 0.05) is 50.9 Å². The number of halogens is 1. The van der Waals surface area contributed by atoms with E-state index in [9.17, 15) is 14.0 Å². The first kappa shape index (κ1) is 19.9. The number of rotatable bonds is 7. The summed E-state index contributed by atoms with van der Waals surface area (Å²) in [5.41, 5.74) is 2.76. The molecule has 3 rings (SSSR count). The van der Waals surface area contributed by atoms with Gasteiger partial charge >= 0.3 is 0 Å². The van der Waals surface area contributed by atoms with Crippen LogP contribution in [-0.4, -0.2) is 36.3 Å². The molecule has 6 heteroatoms. The summed E-state index contributed by atoms with van der Waals surface area (Å²) in [4.78, 5) is 28.1. The molecule has 0 aliphatic carbocycles. The molecule has 0 aromatic heterocycles. The lowest BCUT2D eigenvalue weighted by Crippen LogP contribution is -2.31. The molecule has 0 bridgehead atoms. The Balaban J connectivity index is 1.50. The van der Waals surface area contributed by atoms with Gasteiger partial charge in [0.05, 0.1) is 0 Å². The Morgan fingerprint density at radius 1 is 1.04 bits per heavy atom. The van der Waals surface area contributed by atoms with Crippen molar-refractivity contribution in [2.24, 2.45) is 0 Å². The summed E-state index contributed by atoms with van der Waals surface area (Å²) in [7, 11) is 0. The lowest BCUT2D eigenvalue weighted by Gasteiger charge is -2.21.